The van der Waals surface area contributed by atoms with Crippen LogP contribution in [-0.2, 0) is 15.0 Å². The monoisotopic (exact) mass is 551 g/mol. The van der Waals surface area contributed by atoms with E-state index in [-0.39, 0.29) is 116 Å². The summed E-state index contributed by atoms with van der Waals surface area (Å²) in [6.07, 6.45) is 2.12. The summed E-state index contributed by atoms with van der Waals surface area (Å²) in [4.78, 5) is 24.5. The van der Waals surface area contributed by atoms with E-state index in [9.17, 15) is 23.8 Å². The number of carbonyl (C=O) groups excluding carboxylic acids is 2. The van der Waals surface area contributed by atoms with E-state index in [4.69, 9.17) is 10.5 Å². The number of carbonyl (C=O) groups is 2. The molecule has 0 bridgehead atoms. The second kappa shape index (κ2) is 13.8. The van der Waals surface area contributed by atoms with Gasteiger partial charge in [-0.15, -0.1) is 0 Å². The van der Waals surface area contributed by atoms with Crippen molar-refractivity contribution in [3.63, 3.8) is 0 Å². The number of anilines is 1. The van der Waals surface area contributed by atoms with Crippen LogP contribution in [0, 0.1) is 0 Å². The SMILES string of the molecule is CCCCC1(C)C(=O)C(C2=NS([O-])([O-])c3cc(OCC(N)=O)ccc3N2)=C([O-])c2ccccc21.[Na+].[Na+].[Na+]. The standard InChI is InChI=1S/C24H27N3O6S.3Na/c1-3-4-11-24(2)16-8-6-5-7-15(16)21(29)20(22(24)30)23-26-17-10-9-14(33-13-19(25)28)12-18(17)34(31,32)27-23;;;/h5-10,12,29,31-32H,3-4,11,13H2,1-2H3,(H2,25,28)(H,26,27);;;/q;3*+1/p-3. The van der Waals surface area contributed by atoms with Gasteiger partial charge in [-0.3, -0.25) is 9.59 Å². The van der Waals surface area contributed by atoms with E-state index in [2.05, 4.69) is 9.71 Å². The first-order valence-corrected chi connectivity index (χ1v) is 12.3. The quantitative estimate of drug-likeness (QED) is 0.323. The first-order valence-electron chi connectivity index (χ1n) is 10.8. The summed E-state index contributed by atoms with van der Waals surface area (Å²) < 4.78 is 35.0. The molecule has 180 valence electrons. The number of rotatable bonds is 7. The van der Waals surface area contributed by atoms with Crippen molar-refractivity contribution < 1.29 is 117 Å². The Kier molecular flexibility index (Phi) is 13.0. The third kappa shape index (κ3) is 6.87. The molecule has 0 aromatic heterocycles. The number of nitrogens with one attached hydrogen (secondary N) is 1. The molecule has 0 radical (unpaired) electrons. The van der Waals surface area contributed by atoms with E-state index >= 15 is 0 Å². The number of hydrogen-bond donors (Lipinski definition) is 2. The van der Waals surface area contributed by atoms with Gasteiger partial charge in [0.05, 0.1) is 16.7 Å². The van der Waals surface area contributed by atoms with Crippen molar-refractivity contribution >= 4 is 39.7 Å². The van der Waals surface area contributed by atoms with Crippen LogP contribution in [0.15, 0.2) is 57.3 Å². The Bertz CT molecular complexity index is 1250. The molecule has 0 saturated heterocycles. The van der Waals surface area contributed by atoms with Gasteiger partial charge in [-0.25, -0.2) is 4.40 Å². The van der Waals surface area contributed by atoms with E-state index in [0.29, 0.717) is 17.5 Å². The number of amidine groups is 1. The Hall–Kier alpha value is -0.340. The van der Waals surface area contributed by atoms with Crippen molar-refractivity contribution in [1.82, 2.24) is 0 Å². The van der Waals surface area contributed by atoms with Gasteiger partial charge in [0, 0.05) is 11.0 Å². The second-order valence-corrected chi connectivity index (χ2v) is 10.0. The molecular weight excluding hydrogens is 527 g/mol. The zero-order valence-electron chi connectivity index (χ0n) is 21.8. The fraction of sp³-hybridized carbons (Fsp3) is 0.292. The van der Waals surface area contributed by atoms with Crippen molar-refractivity contribution in [1.29, 1.82) is 0 Å². The number of ether oxygens (including phenoxy) is 1. The predicted molar refractivity (Wildman–Crippen MR) is 125 cm³/mol. The van der Waals surface area contributed by atoms with Crippen LogP contribution in [0.4, 0.5) is 5.69 Å². The number of primary amides is 1. The minimum atomic E-state index is -4.28. The Morgan fingerprint density at radius 3 is 2.49 bits per heavy atom. The van der Waals surface area contributed by atoms with E-state index in [1.54, 1.807) is 31.2 Å². The number of hydrogen-bond acceptors (Lipinski definition) is 8. The van der Waals surface area contributed by atoms with Crippen molar-refractivity contribution in [2.45, 2.75) is 43.4 Å². The summed E-state index contributed by atoms with van der Waals surface area (Å²) in [5, 5.41) is 16.2. The van der Waals surface area contributed by atoms with Gasteiger partial charge in [-0.05, 0) is 36.6 Å². The number of ketones is 1. The molecule has 1 aliphatic carbocycles. The summed E-state index contributed by atoms with van der Waals surface area (Å²) in [6.45, 7) is 3.37. The minimum absolute atomic E-state index is 0. The topological polar surface area (TPSA) is 163 Å². The summed E-state index contributed by atoms with van der Waals surface area (Å²) in [7, 11) is -4.28. The van der Waals surface area contributed by atoms with Crippen LogP contribution in [0.2, 0.25) is 0 Å². The first-order chi connectivity index (χ1) is 16.1. The van der Waals surface area contributed by atoms with Crippen LogP contribution < -0.4 is 110 Å². The number of unbranched alkanes of at least 4 members (excludes halogenated alkanes) is 1. The zero-order chi connectivity index (χ0) is 24.7. The fourth-order valence-electron chi connectivity index (χ4n) is 4.28. The molecule has 4 rings (SSSR count). The van der Waals surface area contributed by atoms with Gasteiger partial charge in [-0.1, -0.05) is 49.8 Å². The van der Waals surface area contributed by atoms with Gasteiger partial charge in [0.15, 0.2) is 18.2 Å². The fourth-order valence-corrected chi connectivity index (χ4v) is 5.42. The maximum atomic E-state index is 13.7. The average molecular weight is 552 g/mol. The van der Waals surface area contributed by atoms with Gasteiger partial charge >= 0.3 is 88.7 Å². The average Bonchev–Trinajstić information content (AvgIpc) is 2.80. The van der Waals surface area contributed by atoms with Gasteiger partial charge in [0.1, 0.15) is 5.75 Å². The Morgan fingerprint density at radius 1 is 1.16 bits per heavy atom. The van der Waals surface area contributed by atoms with Crippen LogP contribution in [0.25, 0.3) is 5.76 Å². The van der Waals surface area contributed by atoms with Gasteiger partial charge in [-0.2, -0.15) is 0 Å². The van der Waals surface area contributed by atoms with Crippen molar-refractivity contribution in [3.05, 3.63) is 59.2 Å². The molecule has 3 N–H and O–H groups in total. The summed E-state index contributed by atoms with van der Waals surface area (Å²) in [5.41, 5.74) is 4.93. The van der Waals surface area contributed by atoms with E-state index < -0.39 is 40.2 Å². The van der Waals surface area contributed by atoms with Gasteiger partial charge in [0.2, 0.25) is 0 Å². The molecule has 2 aliphatic rings. The number of amides is 1. The Balaban J connectivity index is 0.00000228. The number of benzene rings is 2. The zero-order valence-corrected chi connectivity index (χ0v) is 28.6. The minimum Gasteiger partial charge on any atom is -0.871 e. The van der Waals surface area contributed by atoms with Gasteiger partial charge in [0.25, 0.3) is 5.91 Å². The molecule has 1 aliphatic heterocycles. The molecular formula is C24H24N3Na3O6S. The molecule has 0 fully saturated rings. The van der Waals surface area contributed by atoms with E-state index in [1.165, 1.54) is 18.2 Å². The van der Waals surface area contributed by atoms with Crippen LogP contribution in [0.3, 0.4) is 0 Å². The number of sulfonamides is 1. The largest absolute Gasteiger partial charge is 1.00 e. The molecule has 0 saturated carbocycles. The third-order valence-corrected chi connectivity index (χ3v) is 7.38. The maximum absolute atomic E-state index is 13.7. The number of fused-ring (bicyclic) bond motifs is 2. The molecule has 2 aromatic carbocycles. The summed E-state index contributed by atoms with van der Waals surface area (Å²) in [6, 6.07) is 11.0. The smallest absolute Gasteiger partial charge is 0.871 e. The molecule has 13 heteroatoms. The molecule has 0 spiro atoms. The third-order valence-electron chi connectivity index (χ3n) is 6.07. The van der Waals surface area contributed by atoms with Gasteiger partial charge < -0.3 is 40.8 Å². The number of nitrogens with zero attached hydrogens (tertiary/aromatic N) is 1. The molecule has 2 aromatic rings. The maximum Gasteiger partial charge on any atom is 1.00 e. The first kappa shape index (κ1) is 34.7. The van der Waals surface area contributed by atoms with Crippen molar-refractivity contribution in [2.75, 3.05) is 11.9 Å². The number of Topliss-reactive ketones (excluding diaryl/α,β-unsaturated/α-hetero) is 1. The van der Waals surface area contributed by atoms with Crippen molar-refractivity contribution in [2.24, 2.45) is 10.1 Å². The van der Waals surface area contributed by atoms with Crippen LogP contribution in [-0.4, -0.2) is 33.2 Å². The molecule has 1 heterocycles. The summed E-state index contributed by atoms with van der Waals surface area (Å²) in [5.74, 6) is -1.93. The van der Waals surface area contributed by atoms with E-state index in [0.717, 1.165) is 12.8 Å². The Labute approximate surface area is 284 Å². The van der Waals surface area contributed by atoms with Crippen LogP contribution in [0.1, 0.15) is 44.2 Å². The van der Waals surface area contributed by atoms with E-state index in [1.807, 2.05) is 6.92 Å². The summed E-state index contributed by atoms with van der Waals surface area (Å²) >= 11 is 0. The Morgan fingerprint density at radius 2 is 1.84 bits per heavy atom. The number of nitrogens with two attached hydrogens (primary N) is 1. The van der Waals surface area contributed by atoms with Crippen molar-refractivity contribution in [3.8, 4) is 5.75 Å². The molecule has 9 nitrogen and oxygen atoms in total. The molecule has 1 unspecified atom stereocenters. The normalized spacial score (nSPS) is 19.9. The molecule has 37 heavy (non-hydrogen) atoms. The second-order valence-electron chi connectivity index (χ2n) is 8.47. The molecule has 1 atom stereocenters. The predicted octanol–water partition coefficient (Wildman–Crippen LogP) is -6.47. The van der Waals surface area contributed by atoms with Crippen LogP contribution >= 0.6 is 10.8 Å². The van der Waals surface area contributed by atoms with Crippen LogP contribution in [0.5, 0.6) is 5.75 Å². The molecule has 1 amide bonds.